The molecule has 20 heavy (non-hydrogen) atoms. The van der Waals surface area contributed by atoms with Crippen molar-refractivity contribution in [2.45, 2.75) is 12.5 Å². The van der Waals surface area contributed by atoms with Gasteiger partial charge in [0.1, 0.15) is 11.6 Å². The Morgan fingerprint density at radius 2 is 2.00 bits per heavy atom. The van der Waals surface area contributed by atoms with Gasteiger partial charge in [-0.05, 0) is 45.8 Å². The maximum atomic E-state index is 13.5. The van der Waals surface area contributed by atoms with Gasteiger partial charge in [0, 0.05) is 16.5 Å². The summed E-state index contributed by atoms with van der Waals surface area (Å²) >= 11 is 6.57. The zero-order valence-corrected chi connectivity index (χ0v) is 13.9. The molecule has 2 nitrogen and oxygen atoms in total. The molecule has 0 fully saturated rings. The van der Waals surface area contributed by atoms with E-state index in [0.29, 0.717) is 27.8 Å². The Balaban J connectivity index is 2.30. The molecule has 0 aromatic heterocycles. The van der Waals surface area contributed by atoms with E-state index in [0.717, 1.165) is 4.47 Å². The predicted molar refractivity (Wildman–Crippen MR) is 83.5 cm³/mol. The smallest absolute Gasteiger partial charge is 0.137 e. The van der Waals surface area contributed by atoms with Gasteiger partial charge in [0.15, 0.2) is 0 Å². The molecule has 0 spiro atoms. The molecule has 0 radical (unpaired) electrons. The van der Waals surface area contributed by atoms with Crippen LogP contribution in [0.1, 0.15) is 17.2 Å². The van der Waals surface area contributed by atoms with Crippen molar-refractivity contribution in [3.8, 4) is 5.75 Å². The number of aliphatic hydroxyl groups is 1. The lowest BCUT2D eigenvalue weighted by Gasteiger charge is -2.16. The van der Waals surface area contributed by atoms with Crippen LogP contribution in [0, 0.1) is 5.82 Å². The van der Waals surface area contributed by atoms with Crippen LogP contribution in [0.15, 0.2) is 45.3 Å². The minimum absolute atomic E-state index is 0.297. The molecule has 2 aromatic rings. The molecule has 0 aliphatic carbocycles. The van der Waals surface area contributed by atoms with Gasteiger partial charge < -0.3 is 9.84 Å². The predicted octanol–water partition coefficient (Wildman–Crippen LogP) is 4.64. The molecule has 0 bridgehead atoms. The van der Waals surface area contributed by atoms with Gasteiger partial charge in [0.05, 0.1) is 17.7 Å². The Kier molecular flexibility index (Phi) is 5.18. The van der Waals surface area contributed by atoms with Crippen molar-refractivity contribution in [1.29, 1.82) is 0 Å². The first-order chi connectivity index (χ1) is 9.52. The second-order valence-electron chi connectivity index (χ2n) is 4.32. The van der Waals surface area contributed by atoms with Crippen LogP contribution < -0.4 is 4.74 Å². The highest BCUT2D eigenvalue weighted by atomic mass is 79.9. The first kappa shape index (κ1) is 15.5. The second-order valence-corrected chi connectivity index (χ2v) is 6.03. The molecule has 2 aromatic carbocycles. The fourth-order valence-corrected chi connectivity index (χ4v) is 2.79. The summed E-state index contributed by atoms with van der Waals surface area (Å²) in [5.74, 6) is 0.268. The van der Waals surface area contributed by atoms with Crippen molar-refractivity contribution in [1.82, 2.24) is 0 Å². The number of methoxy groups -OCH3 is 1. The number of halogens is 3. The van der Waals surface area contributed by atoms with Crippen LogP contribution in [-0.4, -0.2) is 12.2 Å². The topological polar surface area (TPSA) is 29.5 Å². The van der Waals surface area contributed by atoms with E-state index in [1.54, 1.807) is 31.4 Å². The summed E-state index contributed by atoms with van der Waals surface area (Å²) in [6, 6.07) is 10.2. The number of hydrogen-bond acceptors (Lipinski definition) is 2. The van der Waals surface area contributed by atoms with E-state index >= 15 is 0 Å². The Bertz CT molecular complexity index is 617. The third-order valence-corrected chi connectivity index (χ3v) is 4.38. The van der Waals surface area contributed by atoms with Crippen molar-refractivity contribution in [2.24, 2.45) is 0 Å². The van der Waals surface area contributed by atoms with Crippen LogP contribution in [0.5, 0.6) is 5.75 Å². The highest BCUT2D eigenvalue weighted by molar-refractivity contribution is 9.10. The summed E-state index contributed by atoms with van der Waals surface area (Å²) in [7, 11) is 1.55. The van der Waals surface area contributed by atoms with E-state index in [9.17, 15) is 9.50 Å². The summed E-state index contributed by atoms with van der Waals surface area (Å²) in [4.78, 5) is 0. The average Bonchev–Trinajstić information content (AvgIpc) is 2.43. The lowest BCUT2D eigenvalue weighted by molar-refractivity contribution is 0.173. The molecular weight excluding hydrogens is 391 g/mol. The van der Waals surface area contributed by atoms with E-state index in [4.69, 9.17) is 4.74 Å². The molecule has 1 unspecified atom stereocenters. The summed E-state index contributed by atoms with van der Waals surface area (Å²) in [5.41, 5.74) is 1.37. The SMILES string of the molecule is COc1ccc(Br)cc1C(O)Cc1cccc(F)c1Br. The number of aliphatic hydroxyl groups excluding tert-OH is 1. The molecule has 5 heteroatoms. The maximum Gasteiger partial charge on any atom is 0.137 e. The van der Waals surface area contributed by atoms with Gasteiger partial charge in [-0.25, -0.2) is 4.39 Å². The molecule has 2 rings (SSSR count). The molecule has 1 atom stereocenters. The fourth-order valence-electron chi connectivity index (χ4n) is 1.99. The van der Waals surface area contributed by atoms with Gasteiger partial charge in [0.2, 0.25) is 0 Å². The van der Waals surface area contributed by atoms with E-state index in [-0.39, 0.29) is 5.82 Å². The van der Waals surface area contributed by atoms with Crippen molar-refractivity contribution in [3.63, 3.8) is 0 Å². The van der Waals surface area contributed by atoms with Crippen LogP contribution in [0.25, 0.3) is 0 Å². The van der Waals surface area contributed by atoms with Gasteiger partial charge in [-0.3, -0.25) is 0 Å². The summed E-state index contributed by atoms with van der Waals surface area (Å²) in [5, 5.41) is 10.4. The van der Waals surface area contributed by atoms with E-state index in [2.05, 4.69) is 31.9 Å². The average molecular weight is 404 g/mol. The summed E-state index contributed by atoms with van der Waals surface area (Å²) in [6.45, 7) is 0. The van der Waals surface area contributed by atoms with Crippen LogP contribution in [0.3, 0.4) is 0 Å². The van der Waals surface area contributed by atoms with Gasteiger partial charge in [-0.1, -0.05) is 28.1 Å². The van der Waals surface area contributed by atoms with E-state index in [1.165, 1.54) is 6.07 Å². The molecule has 0 aliphatic rings. The normalized spacial score (nSPS) is 12.2. The molecule has 0 saturated carbocycles. The monoisotopic (exact) mass is 402 g/mol. The van der Waals surface area contributed by atoms with Crippen molar-refractivity contribution >= 4 is 31.9 Å². The van der Waals surface area contributed by atoms with E-state index < -0.39 is 6.10 Å². The first-order valence-electron chi connectivity index (χ1n) is 5.97. The lowest BCUT2D eigenvalue weighted by Crippen LogP contribution is -2.05. The van der Waals surface area contributed by atoms with Gasteiger partial charge in [0.25, 0.3) is 0 Å². The summed E-state index contributed by atoms with van der Waals surface area (Å²) < 4.78 is 20.0. The third kappa shape index (κ3) is 3.40. The Labute approximate surface area is 133 Å². The Morgan fingerprint density at radius 3 is 2.70 bits per heavy atom. The second kappa shape index (κ2) is 6.70. The minimum atomic E-state index is -0.777. The molecule has 0 amide bonds. The van der Waals surface area contributed by atoms with Gasteiger partial charge >= 0.3 is 0 Å². The quantitative estimate of drug-likeness (QED) is 0.805. The number of ether oxygens (including phenoxy) is 1. The first-order valence-corrected chi connectivity index (χ1v) is 7.56. The number of rotatable bonds is 4. The zero-order chi connectivity index (χ0) is 14.7. The van der Waals surface area contributed by atoms with Crippen LogP contribution >= 0.6 is 31.9 Å². The van der Waals surface area contributed by atoms with Crippen LogP contribution in [-0.2, 0) is 6.42 Å². The number of hydrogen-bond donors (Lipinski definition) is 1. The maximum absolute atomic E-state index is 13.5. The van der Waals surface area contributed by atoms with E-state index in [1.807, 2.05) is 6.07 Å². The van der Waals surface area contributed by atoms with Crippen LogP contribution in [0.4, 0.5) is 4.39 Å². The largest absolute Gasteiger partial charge is 0.496 e. The van der Waals surface area contributed by atoms with Crippen molar-refractivity contribution in [2.75, 3.05) is 7.11 Å². The fraction of sp³-hybridized carbons (Fsp3) is 0.200. The van der Waals surface area contributed by atoms with Gasteiger partial charge in [-0.15, -0.1) is 0 Å². The third-order valence-electron chi connectivity index (χ3n) is 3.00. The highest BCUT2D eigenvalue weighted by Crippen LogP contribution is 2.32. The van der Waals surface area contributed by atoms with Crippen molar-refractivity contribution < 1.29 is 14.2 Å². The van der Waals surface area contributed by atoms with Crippen molar-refractivity contribution in [3.05, 3.63) is 62.3 Å². The summed E-state index contributed by atoms with van der Waals surface area (Å²) in [6.07, 6.45) is -0.480. The lowest BCUT2D eigenvalue weighted by atomic mass is 10.0. The standard InChI is InChI=1S/C15H13Br2FO2/c1-20-14-6-5-10(16)8-11(14)13(19)7-9-3-2-4-12(18)15(9)17/h2-6,8,13,19H,7H2,1H3. The molecule has 0 saturated heterocycles. The Morgan fingerprint density at radius 1 is 1.25 bits per heavy atom. The van der Waals surface area contributed by atoms with Gasteiger partial charge in [-0.2, -0.15) is 0 Å². The minimum Gasteiger partial charge on any atom is -0.496 e. The molecule has 106 valence electrons. The highest BCUT2D eigenvalue weighted by Gasteiger charge is 2.16. The zero-order valence-electron chi connectivity index (χ0n) is 10.7. The molecule has 0 heterocycles. The van der Waals surface area contributed by atoms with Crippen LogP contribution in [0.2, 0.25) is 0 Å². The number of benzene rings is 2. The molecule has 0 aliphatic heterocycles. The Hall–Kier alpha value is -0.910. The molecular formula is C15H13Br2FO2. The molecule has 1 N–H and O–H groups in total.